The topological polar surface area (TPSA) is 120 Å². The summed E-state index contributed by atoms with van der Waals surface area (Å²) in [7, 11) is -3.42. The minimum Gasteiger partial charge on any atom is -0.394 e. The first kappa shape index (κ1) is 34.8. The van der Waals surface area contributed by atoms with Crippen LogP contribution >= 0.6 is 0 Å². The van der Waals surface area contributed by atoms with E-state index < -0.39 is 58.9 Å². The van der Waals surface area contributed by atoms with Gasteiger partial charge in [-0.15, -0.1) is 0 Å². The van der Waals surface area contributed by atoms with E-state index in [1.807, 2.05) is 0 Å². The highest BCUT2D eigenvalue weighted by Gasteiger charge is 2.36. The van der Waals surface area contributed by atoms with Crippen LogP contribution in [0.15, 0.2) is 77.7 Å². The van der Waals surface area contributed by atoms with E-state index in [0.717, 1.165) is 18.2 Å². The van der Waals surface area contributed by atoms with E-state index in [9.17, 15) is 40.3 Å². The van der Waals surface area contributed by atoms with Gasteiger partial charge in [0.05, 0.1) is 41.5 Å². The molecule has 1 saturated heterocycles. The van der Waals surface area contributed by atoms with Crippen LogP contribution in [-0.2, 0) is 20.8 Å². The number of nitriles is 1. The molecule has 0 saturated carbocycles. The first-order valence-electron chi connectivity index (χ1n) is 14.4. The number of halogens is 5. The predicted octanol–water partition coefficient (Wildman–Crippen LogP) is 5.85. The van der Waals surface area contributed by atoms with Crippen molar-refractivity contribution < 1.29 is 45.0 Å². The largest absolute Gasteiger partial charge is 0.448 e. The molecule has 246 valence electrons. The number of anilines is 1. The Morgan fingerprint density at radius 2 is 1.65 bits per heavy atom. The molecule has 0 bridgehead atoms. The Morgan fingerprint density at radius 1 is 1.02 bits per heavy atom. The van der Waals surface area contributed by atoms with Gasteiger partial charge < -0.3 is 20.1 Å². The molecule has 1 aliphatic rings. The van der Waals surface area contributed by atoms with Crippen LogP contribution in [0.5, 0.6) is 0 Å². The van der Waals surface area contributed by atoms with Crippen LogP contribution in [0.4, 0.5) is 27.6 Å². The molecule has 1 heterocycles. The molecular formula is C32H32F5N3O5S. The molecule has 1 fully saturated rings. The van der Waals surface area contributed by atoms with Crippen LogP contribution < -0.4 is 10.2 Å². The molecule has 0 spiro atoms. The van der Waals surface area contributed by atoms with Crippen molar-refractivity contribution in [1.29, 1.82) is 5.26 Å². The van der Waals surface area contributed by atoms with Crippen molar-refractivity contribution in [1.82, 2.24) is 5.32 Å². The Morgan fingerprint density at radius 3 is 2.20 bits per heavy atom. The van der Waals surface area contributed by atoms with Crippen molar-refractivity contribution >= 4 is 21.4 Å². The standard InChI is InChI=1S/C32H32F5N3O5S/c1-2-46(43,44)28-15-8-22(9-16-28)29(18-41)39-30(42)23-5-12-26(13-6-23)40-17-24(7-14-27(40)19-45-31(33,34)20-38)21-3-10-25(11-4-21)32(35,36)37/h3-6,8-13,15-16,24,27,29,41H,2,7,14,17-19H2,1H3,(H,39,42)/t24?,27-,29-/m0/s1. The number of benzene rings is 3. The van der Waals surface area contributed by atoms with E-state index in [1.165, 1.54) is 55.5 Å². The zero-order valence-corrected chi connectivity index (χ0v) is 25.5. The Hall–Kier alpha value is -4.06. The normalized spacial score (nSPS) is 18.1. The number of nitrogens with zero attached hydrogens (tertiary/aromatic N) is 2. The summed E-state index contributed by atoms with van der Waals surface area (Å²) < 4.78 is 95.2. The molecule has 1 aliphatic heterocycles. The fraction of sp³-hybridized carbons (Fsp3) is 0.375. The Bertz CT molecular complexity index is 1640. The zero-order valence-electron chi connectivity index (χ0n) is 24.7. The zero-order chi connectivity index (χ0) is 33.7. The Kier molecular flexibility index (Phi) is 10.7. The lowest BCUT2D eigenvalue weighted by Crippen LogP contribution is -2.46. The second-order valence-corrected chi connectivity index (χ2v) is 13.1. The van der Waals surface area contributed by atoms with Gasteiger partial charge in [-0.2, -0.15) is 27.2 Å². The second-order valence-electron chi connectivity index (χ2n) is 10.9. The molecule has 46 heavy (non-hydrogen) atoms. The van der Waals surface area contributed by atoms with E-state index in [2.05, 4.69) is 10.1 Å². The van der Waals surface area contributed by atoms with Gasteiger partial charge in [0.25, 0.3) is 5.91 Å². The summed E-state index contributed by atoms with van der Waals surface area (Å²) in [5.74, 6) is -0.844. The Balaban J connectivity index is 1.52. The lowest BCUT2D eigenvalue weighted by atomic mass is 9.86. The van der Waals surface area contributed by atoms with Crippen molar-refractivity contribution in [3.63, 3.8) is 0 Å². The smallest absolute Gasteiger partial charge is 0.394 e. The number of carbonyl (C=O) groups excluding carboxylic acids is 1. The van der Waals surface area contributed by atoms with E-state index >= 15 is 0 Å². The maximum absolute atomic E-state index is 13.6. The number of piperidine rings is 1. The van der Waals surface area contributed by atoms with Crippen LogP contribution in [-0.4, -0.2) is 57.1 Å². The second kappa shape index (κ2) is 14.1. The van der Waals surface area contributed by atoms with Gasteiger partial charge in [-0.25, -0.2) is 8.42 Å². The molecular weight excluding hydrogens is 633 g/mol. The van der Waals surface area contributed by atoms with Crippen LogP contribution in [0.25, 0.3) is 0 Å². The van der Waals surface area contributed by atoms with Crippen LogP contribution in [0.2, 0.25) is 0 Å². The molecule has 3 aromatic carbocycles. The highest BCUT2D eigenvalue weighted by atomic mass is 32.2. The molecule has 0 aromatic heterocycles. The van der Waals surface area contributed by atoms with Gasteiger partial charge in [0.15, 0.2) is 15.9 Å². The molecule has 0 aliphatic carbocycles. The van der Waals surface area contributed by atoms with Gasteiger partial charge in [0.2, 0.25) is 0 Å². The van der Waals surface area contributed by atoms with Crippen molar-refractivity contribution in [2.45, 2.75) is 54.9 Å². The Labute approximate surface area is 263 Å². The third-order valence-corrected chi connectivity index (χ3v) is 9.72. The average Bonchev–Trinajstić information content (AvgIpc) is 3.06. The van der Waals surface area contributed by atoms with E-state index in [4.69, 9.17) is 5.26 Å². The number of nitrogens with one attached hydrogen (secondary N) is 1. The van der Waals surface area contributed by atoms with Crippen molar-refractivity contribution in [2.24, 2.45) is 0 Å². The number of carbonyl (C=O) groups is 1. The molecule has 1 unspecified atom stereocenters. The van der Waals surface area contributed by atoms with Gasteiger partial charge >= 0.3 is 12.3 Å². The summed E-state index contributed by atoms with van der Waals surface area (Å²) in [6.07, 6.45) is -7.67. The molecule has 3 atom stereocenters. The minimum absolute atomic E-state index is 0.0736. The van der Waals surface area contributed by atoms with Crippen LogP contribution in [0.3, 0.4) is 0 Å². The number of aliphatic hydroxyl groups is 1. The van der Waals surface area contributed by atoms with E-state index in [0.29, 0.717) is 29.7 Å². The van der Waals surface area contributed by atoms with Crippen molar-refractivity contribution in [3.8, 4) is 6.07 Å². The van der Waals surface area contributed by atoms with Crippen LogP contribution in [0.1, 0.15) is 58.8 Å². The lowest BCUT2D eigenvalue weighted by Gasteiger charge is -2.41. The van der Waals surface area contributed by atoms with Gasteiger partial charge in [-0.3, -0.25) is 4.79 Å². The third-order valence-electron chi connectivity index (χ3n) is 7.97. The van der Waals surface area contributed by atoms with Crippen molar-refractivity contribution in [3.05, 3.63) is 95.1 Å². The van der Waals surface area contributed by atoms with E-state index in [1.54, 1.807) is 17.0 Å². The number of aliphatic hydroxyl groups excluding tert-OH is 1. The maximum Gasteiger partial charge on any atom is 0.448 e. The van der Waals surface area contributed by atoms with E-state index in [-0.39, 0.29) is 28.7 Å². The highest BCUT2D eigenvalue weighted by molar-refractivity contribution is 7.91. The van der Waals surface area contributed by atoms with Gasteiger partial charge in [-0.05, 0) is 72.5 Å². The fourth-order valence-electron chi connectivity index (χ4n) is 5.32. The SMILES string of the molecule is CCS(=O)(=O)c1ccc([C@H](CO)NC(=O)c2ccc(N3CC(c4ccc(C(F)(F)F)cc4)CC[C@H]3COC(F)(F)C#N)cc2)cc1. The first-order valence-corrected chi connectivity index (χ1v) is 16.0. The number of sulfone groups is 1. The number of hydrogen-bond donors (Lipinski definition) is 2. The summed E-state index contributed by atoms with van der Waals surface area (Å²) in [4.78, 5) is 14.9. The summed E-state index contributed by atoms with van der Waals surface area (Å²) in [6, 6.07) is 16.2. The van der Waals surface area contributed by atoms with Crippen LogP contribution in [0, 0.1) is 11.3 Å². The summed E-state index contributed by atoms with van der Waals surface area (Å²) >= 11 is 0. The van der Waals surface area contributed by atoms with Gasteiger partial charge in [-0.1, -0.05) is 31.2 Å². The lowest BCUT2D eigenvalue weighted by molar-refractivity contribution is -0.196. The summed E-state index contributed by atoms with van der Waals surface area (Å²) in [5.41, 5.74) is 1.10. The molecule has 1 amide bonds. The number of ether oxygens (including phenoxy) is 1. The number of amides is 1. The number of rotatable bonds is 11. The summed E-state index contributed by atoms with van der Waals surface area (Å²) in [5, 5.41) is 21.3. The molecule has 8 nitrogen and oxygen atoms in total. The fourth-order valence-corrected chi connectivity index (χ4v) is 6.20. The quantitative estimate of drug-likeness (QED) is 0.247. The first-order chi connectivity index (χ1) is 21.7. The highest BCUT2D eigenvalue weighted by Crippen LogP contribution is 2.36. The molecule has 2 N–H and O–H groups in total. The van der Waals surface area contributed by atoms with Gasteiger partial charge in [0, 0.05) is 23.7 Å². The maximum atomic E-state index is 13.6. The molecule has 14 heteroatoms. The minimum atomic E-state index is -4.49. The van der Waals surface area contributed by atoms with Crippen molar-refractivity contribution in [2.75, 3.05) is 30.4 Å². The summed E-state index contributed by atoms with van der Waals surface area (Å²) in [6.45, 7) is 0.825. The third kappa shape index (κ3) is 8.39. The molecule has 3 aromatic rings. The monoisotopic (exact) mass is 665 g/mol. The van der Waals surface area contributed by atoms with Gasteiger partial charge in [0.1, 0.15) is 0 Å². The molecule has 0 radical (unpaired) electrons. The number of alkyl halides is 5. The predicted molar refractivity (Wildman–Crippen MR) is 159 cm³/mol. The number of hydrogen-bond acceptors (Lipinski definition) is 7. The molecule has 4 rings (SSSR count). The average molecular weight is 666 g/mol.